The zero-order valence-corrected chi connectivity index (χ0v) is 10.0. The summed E-state index contributed by atoms with van der Waals surface area (Å²) in [5.74, 6) is 1.45. The van der Waals surface area contributed by atoms with Gasteiger partial charge in [0, 0.05) is 5.56 Å². The molecule has 0 spiro atoms. The first-order valence-electron chi connectivity index (χ1n) is 5.27. The molecule has 1 aromatic heterocycles. The monoisotopic (exact) mass is 227 g/mol. The van der Waals surface area contributed by atoms with Gasteiger partial charge in [-0.05, 0) is 26.0 Å². The number of hydrogen-bond donors (Lipinski definition) is 1. The highest BCUT2D eigenvalue weighted by atomic mass is 16.5. The maximum atomic E-state index is 9.05. The summed E-state index contributed by atoms with van der Waals surface area (Å²) in [5.41, 5.74) is 3.08. The number of methoxy groups -OCH3 is 1. The number of ether oxygens (including phenoxy) is 1. The molecule has 86 valence electrons. The van der Waals surface area contributed by atoms with Crippen LogP contribution < -0.4 is 4.74 Å². The van der Waals surface area contributed by atoms with Crippen LogP contribution in [0.15, 0.2) is 18.2 Å². The van der Waals surface area contributed by atoms with E-state index < -0.39 is 0 Å². The summed E-state index contributed by atoms with van der Waals surface area (Å²) in [6.45, 7) is 3.82. The van der Waals surface area contributed by atoms with Gasteiger partial charge < -0.3 is 9.72 Å². The van der Waals surface area contributed by atoms with Crippen molar-refractivity contribution < 1.29 is 4.74 Å². The third-order valence-corrected chi connectivity index (χ3v) is 2.55. The van der Waals surface area contributed by atoms with Crippen molar-refractivity contribution in [3.63, 3.8) is 0 Å². The second kappa shape index (κ2) is 4.30. The van der Waals surface area contributed by atoms with Gasteiger partial charge in [0.1, 0.15) is 17.6 Å². The second-order valence-electron chi connectivity index (χ2n) is 3.86. The van der Waals surface area contributed by atoms with Crippen molar-refractivity contribution in [2.24, 2.45) is 0 Å². The molecule has 0 radical (unpaired) electrons. The molecule has 0 unspecified atom stereocenters. The molecule has 0 amide bonds. The molecule has 0 aliphatic heterocycles. The molecule has 1 aromatic carbocycles. The predicted molar refractivity (Wildman–Crippen MR) is 64.8 cm³/mol. The number of nitriles is 1. The number of nitrogens with zero attached hydrogens (tertiary/aromatic N) is 2. The van der Waals surface area contributed by atoms with E-state index in [0.29, 0.717) is 11.4 Å². The van der Waals surface area contributed by atoms with Crippen molar-refractivity contribution in [2.45, 2.75) is 13.8 Å². The van der Waals surface area contributed by atoms with E-state index in [1.165, 1.54) is 0 Å². The number of rotatable bonds is 2. The van der Waals surface area contributed by atoms with Gasteiger partial charge in [0.2, 0.25) is 0 Å². The smallest absolute Gasteiger partial charge is 0.166 e. The standard InChI is InChI=1S/C13H13N3O/c1-8-4-5-12(17-3)10(6-8)13-11(7-14)15-9(2)16-13/h4-6H,1-3H3,(H,15,16). The Labute approximate surface area is 99.9 Å². The first kappa shape index (κ1) is 11.2. The first-order valence-corrected chi connectivity index (χ1v) is 5.27. The third-order valence-electron chi connectivity index (χ3n) is 2.55. The average molecular weight is 227 g/mol. The number of hydrogen-bond acceptors (Lipinski definition) is 3. The van der Waals surface area contributed by atoms with Crippen LogP contribution in [0.4, 0.5) is 0 Å². The van der Waals surface area contributed by atoms with Crippen LogP contribution >= 0.6 is 0 Å². The maximum absolute atomic E-state index is 9.05. The van der Waals surface area contributed by atoms with Gasteiger partial charge >= 0.3 is 0 Å². The van der Waals surface area contributed by atoms with Crippen molar-refractivity contribution >= 4 is 0 Å². The highest BCUT2D eigenvalue weighted by Crippen LogP contribution is 2.31. The van der Waals surface area contributed by atoms with Crippen LogP contribution in [0.5, 0.6) is 5.75 Å². The van der Waals surface area contributed by atoms with E-state index in [9.17, 15) is 0 Å². The lowest BCUT2D eigenvalue weighted by molar-refractivity contribution is 0.416. The summed E-state index contributed by atoms with van der Waals surface area (Å²) < 4.78 is 5.31. The van der Waals surface area contributed by atoms with E-state index in [2.05, 4.69) is 16.0 Å². The van der Waals surface area contributed by atoms with Gasteiger partial charge in [-0.1, -0.05) is 11.6 Å². The van der Waals surface area contributed by atoms with Crippen LogP contribution in [0.25, 0.3) is 11.3 Å². The van der Waals surface area contributed by atoms with Gasteiger partial charge in [0.15, 0.2) is 5.69 Å². The van der Waals surface area contributed by atoms with Crippen molar-refractivity contribution in [1.82, 2.24) is 9.97 Å². The molecule has 4 heteroatoms. The fraction of sp³-hybridized carbons (Fsp3) is 0.231. The lowest BCUT2D eigenvalue weighted by atomic mass is 10.1. The summed E-state index contributed by atoms with van der Waals surface area (Å²) >= 11 is 0. The van der Waals surface area contributed by atoms with Crippen molar-refractivity contribution in [1.29, 1.82) is 5.26 Å². The highest BCUT2D eigenvalue weighted by molar-refractivity contribution is 5.72. The van der Waals surface area contributed by atoms with Crippen LogP contribution in [-0.2, 0) is 0 Å². The zero-order valence-electron chi connectivity index (χ0n) is 10.0. The number of aromatic amines is 1. The molecule has 0 bridgehead atoms. The Morgan fingerprint density at radius 3 is 2.76 bits per heavy atom. The fourth-order valence-electron chi connectivity index (χ4n) is 1.78. The van der Waals surface area contributed by atoms with Gasteiger partial charge in [0.25, 0.3) is 0 Å². The third kappa shape index (κ3) is 2.00. The Bertz CT molecular complexity index is 593. The molecule has 0 atom stereocenters. The van der Waals surface area contributed by atoms with Crippen LogP contribution in [-0.4, -0.2) is 17.1 Å². The van der Waals surface area contributed by atoms with Gasteiger partial charge in [-0.3, -0.25) is 0 Å². The number of aryl methyl sites for hydroxylation is 2. The molecule has 0 aliphatic carbocycles. The van der Waals surface area contributed by atoms with Gasteiger partial charge in [-0.15, -0.1) is 0 Å². The highest BCUT2D eigenvalue weighted by Gasteiger charge is 2.14. The molecular formula is C13H13N3O. The number of imidazole rings is 1. The molecular weight excluding hydrogens is 214 g/mol. The van der Waals surface area contributed by atoms with Crippen LogP contribution in [0.3, 0.4) is 0 Å². The minimum Gasteiger partial charge on any atom is -0.496 e. The van der Waals surface area contributed by atoms with E-state index in [0.717, 1.165) is 22.7 Å². The number of aromatic nitrogens is 2. The Morgan fingerprint density at radius 1 is 1.35 bits per heavy atom. The lowest BCUT2D eigenvalue weighted by Crippen LogP contribution is -1.91. The molecule has 1 heterocycles. The van der Waals surface area contributed by atoms with E-state index >= 15 is 0 Å². The fourth-order valence-corrected chi connectivity index (χ4v) is 1.78. The molecule has 4 nitrogen and oxygen atoms in total. The van der Waals surface area contributed by atoms with Crippen molar-refractivity contribution in [3.05, 3.63) is 35.3 Å². The minimum absolute atomic E-state index is 0.395. The van der Waals surface area contributed by atoms with E-state index in [1.54, 1.807) is 7.11 Å². The molecule has 0 fully saturated rings. The summed E-state index contributed by atoms with van der Waals surface area (Å²) in [7, 11) is 1.61. The topological polar surface area (TPSA) is 61.7 Å². The Balaban J connectivity index is 2.67. The minimum atomic E-state index is 0.395. The molecule has 17 heavy (non-hydrogen) atoms. The number of H-pyrrole nitrogens is 1. The van der Waals surface area contributed by atoms with Crippen LogP contribution in [0, 0.1) is 25.2 Å². The molecule has 1 N–H and O–H groups in total. The summed E-state index contributed by atoms with van der Waals surface area (Å²) in [6, 6.07) is 7.93. The Hall–Kier alpha value is -2.28. The summed E-state index contributed by atoms with van der Waals surface area (Å²) in [4.78, 5) is 7.24. The number of benzene rings is 1. The van der Waals surface area contributed by atoms with Crippen LogP contribution in [0.2, 0.25) is 0 Å². The summed E-state index contributed by atoms with van der Waals surface area (Å²) in [6.07, 6.45) is 0. The lowest BCUT2D eigenvalue weighted by Gasteiger charge is -2.07. The second-order valence-corrected chi connectivity index (χ2v) is 3.86. The maximum Gasteiger partial charge on any atom is 0.166 e. The first-order chi connectivity index (χ1) is 8.15. The Kier molecular flexibility index (Phi) is 2.84. The van der Waals surface area contributed by atoms with E-state index in [-0.39, 0.29) is 0 Å². The average Bonchev–Trinajstić information content (AvgIpc) is 2.70. The normalized spacial score (nSPS) is 10.0. The van der Waals surface area contributed by atoms with Gasteiger partial charge in [-0.2, -0.15) is 5.26 Å². The SMILES string of the molecule is COc1ccc(C)cc1-c1[nH]c(C)nc1C#N. The molecule has 0 saturated heterocycles. The predicted octanol–water partition coefficient (Wildman–Crippen LogP) is 2.57. The number of nitrogens with one attached hydrogen (secondary N) is 1. The largest absolute Gasteiger partial charge is 0.496 e. The van der Waals surface area contributed by atoms with Gasteiger partial charge in [-0.25, -0.2) is 4.98 Å². The Morgan fingerprint density at radius 2 is 2.12 bits per heavy atom. The molecule has 2 aromatic rings. The summed E-state index contributed by atoms with van der Waals surface area (Å²) in [5, 5.41) is 9.05. The molecule has 0 aliphatic rings. The van der Waals surface area contributed by atoms with E-state index in [1.807, 2.05) is 32.0 Å². The van der Waals surface area contributed by atoms with E-state index in [4.69, 9.17) is 10.00 Å². The molecule has 2 rings (SSSR count). The molecule has 0 saturated carbocycles. The quantitative estimate of drug-likeness (QED) is 0.857. The van der Waals surface area contributed by atoms with Crippen LogP contribution in [0.1, 0.15) is 17.1 Å². The van der Waals surface area contributed by atoms with Gasteiger partial charge in [0.05, 0.1) is 12.8 Å². The van der Waals surface area contributed by atoms with Crippen molar-refractivity contribution in [2.75, 3.05) is 7.11 Å². The zero-order chi connectivity index (χ0) is 12.4. The van der Waals surface area contributed by atoms with Crippen molar-refractivity contribution in [3.8, 4) is 23.1 Å².